The molecule has 0 saturated carbocycles. The second kappa shape index (κ2) is 12.4. The molecule has 0 spiro atoms. The van der Waals surface area contributed by atoms with Gasteiger partial charge in [-0.05, 0) is 67.3 Å². The number of halogens is 1. The Morgan fingerprint density at radius 1 is 1.03 bits per heavy atom. The molecule has 180 valence electrons. The quantitative estimate of drug-likeness (QED) is 0.171. The van der Waals surface area contributed by atoms with E-state index in [-0.39, 0.29) is 5.91 Å². The van der Waals surface area contributed by atoms with Crippen molar-refractivity contribution in [1.29, 1.82) is 0 Å². The normalized spacial score (nSPS) is 10.9. The van der Waals surface area contributed by atoms with Crippen LogP contribution in [0, 0.1) is 0 Å². The Balaban J connectivity index is 1.33. The molecule has 0 aliphatic carbocycles. The lowest BCUT2D eigenvalue weighted by molar-refractivity contribution is 0.0953. The van der Waals surface area contributed by atoms with Crippen LogP contribution in [0.1, 0.15) is 34.6 Å². The fourth-order valence-corrected chi connectivity index (χ4v) is 4.36. The van der Waals surface area contributed by atoms with Gasteiger partial charge in [-0.3, -0.25) is 4.79 Å². The van der Waals surface area contributed by atoms with E-state index in [0.29, 0.717) is 18.7 Å². The minimum atomic E-state index is -0.0557. The van der Waals surface area contributed by atoms with Crippen LogP contribution in [0.4, 0.5) is 0 Å². The molecule has 0 aliphatic heterocycles. The first kappa shape index (κ1) is 24.7. The number of rotatable bonds is 12. The van der Waals surface area contributed by atoms with Crippen LogP contribution in [0.2, 0.25) is 0 Å². The number of nitrogens with one attached hydrogen (secondary N) is 1. The Labute approximate surface area is 215 Å². The van der Waals surface area contributed by atoms with E-state index in [1.807, 2.05) is 66.7 Å². The molecule has 4 rings (SSSR count). The van der Waals surface area contributed by atoms with Gasteiger partial charge in [-0.15, -0.1) is 6.58 Å². The molecule has 1 heterocycles. The number of carbonyl (C=O) groups excluding carboxylic acids is 1. The second-order valence-corrected chi connectivity index (χ2v) is 9.25. The van der Waals surface area contributed by atoms with E-state index in [0.717, 1.165) is 64.9 Å². The van der Waals surface area contributed by atoms with E-state index in [1.165, 1.54) is 0 Å². The van der Waals surface area contributed by atoms with E-state index in [2.05, 4.69) is 44.5 Å². The average molecular weight is 532 g/mol. The maximum atomic E-state index is 12.4. The SMILES string of the molecule is C=CCc1ccccc1OCCCn1c(CCCNC(=O)c2ccc(Br)cc2)nc2ccccc21. The smallest absolute Gasteiger partial charge is 0.251 e. The van der Waals surface area contributed by atoms with Crippen LogP contribution in [0.15, 0.2) is 89.9 Å². The summed E-state index contributed by atoms with van der Waals surface area (Å²) in [5.41, 5.74) is 3.95. The van der Waals surface area contributed by atoms with Crippen LogP contribution in [-0.2, 0) is 19.4 Å². The van der Waals surface area contributed by atoms with Gasteiger partial charge >= 0.3 is 0 Å². The molecule has 6 heteroatoms. The van der Waals surface area contributed by atoms with E-state index in [9.17, 15) is 4.79 Å². The minimum Gasteiger partial charge on any atom is -0.493 e. The minimum absolute atomic E-state index is 0.0557. The lowest BCUT2D eigenvalue weighted by Crippen LogP contribution is -2.25. The molecule has 3 aromatic carbocycles. The summed E-state index contributed by atoms with van der Waals surface area (Å²) >= 11 is 3.40. The number of ether oxygens (including phenoxy) is 1. The van der Waals surface area contributed by atoms with Crippen molar-refractivity contribution in [3.8, 4) is 5.75 Å². The Morgan fingerprint density at radius 3 is 2.63 bits per heavy atom. The number of nitrogens with zero attached hydrogens (tertiary/aromatic N) is 2. The number of aromatic nitrogens is 2. The third-order valence-corrected chi connectivity index (χ3v) is 6.35. The molecule has 0 aliphatic rings. The molecule has 1 amide bonds. The van der Waals surface area contributed by atoms with Crippen LogP contribution >= 0.6 is 15.9 Å². The maximum absolute atomic E-state index is 12.4. The number of amides is 1. The molecular formula is C29H30BrN3O2. The fourth-order valence-electron chi connectivity index (χ4n) is 4.09. The number of hydrogen-bond donors (Lipinski definition) is 1. The van der Waals surface area contributed by atoms with Crippen LogP contribution in [0.5, 0.6) is 5.75 Å². The van der Waals surface area contributed by atoms with Gasteiger partial charge in [0.1, 0.15) is 11.6 Å². The van der Waals surface area contributed by atoms with Gasteiger partial charge in [0.2, 0.25) is 0 Å². The van der Waals surface area contributed by atoms with Gasteiger partial charge in [0.15, 0.2) is 0 Å². The molecule has 1 aromatic heterocycles. The number of para-hydroxylation sites is 3. The summed E-state index contributed by atoms with van der Waals surface area (Å²) < 4.78 is 9.32. The summed E-state index contributed by atoms with van der Waals surface area (Å²) in [5.74, 6) is 1.90. The van der Waals surface area contributed by atoms with E-state index < -0.39 is 0 Å². The van der Waals surface area contributed by atoms with Crippen molar-refractivity contribution >= 4 is 32.9 Å². The molecule has 0 saturated heterocycles. The van der Waals surface area contributed by atoms with E-state index >= 15 is 0 Å². The van der Waals surface area contributed by atoms with Crippen LogP contribution < -0.4 is 10.1 Å². The summed E-state index contributed by atoms with van der Waals surface area (Å²) in [6.07, 6.45) is 5.17. The van der Waals surface area contributed by atoms with Gasteiger partial charge in [0.25, 0.3) is 5.91 Å². The van der Waals surface area contributed by atoms with Gasteiger partial charge in [-0.2, -0.15) is 0 Å². The van der Waals surface area contributed by atoms with E-state index in [1.54, 1.807) is 0 Å². The standard InChI is InChI=1S/C29H30BrN3O2/c1-2-9-22-10-3-6-13-27(22)35-21-8-20-33-26-12-5-4-11-25(26)32-28(33)14-7-19-31-29(34)23-15-17-24(30)18-16-23/h2-6,10-13,15-18H,1,7-9,14,19-21H2,(H,31,34). The molecule has 4 aromatic rings. The van der Waals surface area contributed by atoms with Crippen molar-refractivity contribution in [2.24, 2.45) is 0 Å². The van der Waals surface area contributed by atoms with Gasteiger partial charge in [-0.1, -0.05) is 52.3 Å². The number of allylic oxidation sites excluding steroid dienone is 1. The zero-order valence-corrected chi connectivity index (χ0v) is 21.3. The maximum Gasteiger partial charge on any atom is 0.251 e. The largest absolute Gasteiger partial charge is 0.493 e. The first-order valence-corrected chi connectivity index (χ1v) is 12.7. The van der Waals surface area contributed by atoms with Gasteiger partial charge in [0.05, 0.1) is 17.6 Å². The summed E-state index contributed by atoms with van der Waals surface area (Å²) in [7, 11) is 0. The topological polar surface area (TPSA) is 56.1 Å². The van der Waals surface area contributed by atoms with Crippen molar-refractivity contribution < 1.29 is 9.53 Å². The third-order valence-electron chi connectivity index (χ3n) is 5.82. The summed E-state index contributed by atoms with van der Waals surface area (Å²) in [6, 6.07) is 23.7. The van der Waals surface area contributed by atoms with Crippen molar-refractivity contribution in [2.45, 2.75) is 32.2 Å². The fraction of sp³-hybridized carbons (Fsp3) is 0.241. The highest BCUT2D eigenvalue weighted by molar-refractivity contribution is 9.10. The number of fused-ring (bicyclic) bond motifs is 1. The van der Waals surface area contributed by atoms with Crippen molar-refractivity contribution in [3.05, 3.63) is 107 Å². The van der Waals surface area contributed by atoms with Crippen LogP contribution in [0.3, 0.4) is 0 Å². The highest BCUT2D eigenvalue weighted by Crippen LogP contribution is 2.20. The zero-order valence-electron chi connectivity index (χ0n) is 19.8. The molecule has 0 fully saturated rings. The number of imidazole rings is 1. The van der Waals surface area contributed by atoms with Gasteiger partial charge < -0.3 is 14.6 Å². The monoisotopic (exact) mass is 531 g/mol. The molecule has 0 radical (unpaired) electrons. The lowest BCUT2D eigenvalue weighted by atomic mass is 10.1. The Morgan fingerprint density at radius 2 is 1.80 bits per heavy atom. The molecule has 0 unspecified atom stereocenters. The first-order valence-electron chi connectivity index (χ1n) is 11.9. The van der Waals surface area contributed by atoms with Crippen LogP contribution in [0.25, 0.3) is 11.0 Å². The number of hydrogen-bond acceptors (Lipinski definition) is 3. The van der Waals surface area contributed by atoms with E-state index in [4.69, 9.17) is 9.72 Å². The Hall–Kier alpha value is -3.38. The Bertz CT molecular complexity index is 1280. The molecule has 0 bridgehead atoms. The summed E-state index contributed by atoms with van der Waals surface area (Å²) in [6.45, 7) is 5.88. The average Bonchev–Trinajstić information content (AvgIpc) is 3.23. The molecule has 5 nitrogen and oxygen atoms in total. The van der Waals surface area contributed by atoms with Crippen molar-refractivity contribution in [2.75, 3.05) is 13.2 Å². The number of carbonyl (C=O) groups is 1. The number of benzene rings is 3. The molecule has 0 atom stereocenters. The number of aryl methyl sites for hydroxylation is 2. The summed E-state index contributed by atoms with van der Waals surface area (Å²) in [5, 5.41) is 3.01. The second-order valence-electron chi connectivity index (χ2n) is 8.34. The molecule has 35 heavy (non-hydrogen) atoms. The predicted octanol–water partition coefficient (Wildman–Crippen LogP) is 6.36. The zero-order chi connectivity index (χ0) is 24.5. The van der Waals surface area contributed by atoms with Gasteiger partial charge in [-0.25, -0.2) is 4.98 Å². The molecule has 1 N–H and O–H groups in total. The Kier molecular flexibility index (Phi) is 8.74. The highest BCUT2D eigenvalue weighted by Gasteiger charge is 2.11. The third kappa shape index (κ3) is 6.61. The predicted molar refractivity (Wildman–Crippen MR) is 145 cm³/mol. The van der Waals surface area contributed by atoms with Crippen molar-refractivity contribution in [3.63, 3.8) is 0 Å². The summed E-state index contributed by atoms with van der Waals surface area (Å²) in [4.78, 5) is 17.2. The van der Waals surface area contributed by atoms with Gasteiger partial charge in [0, 0.05) is 29.5 Å². The molecular weight excluding hydrogens is 502 g/mol. The first-order chi connectivity index (χ1) is 17.2. The highest BCUT2D eigenvalue weighted by atomic mass is 79.9. The van der Waals surface area contributed by atoms with Crippen molar-refractivity contribution in [1.82, 2.24) is 14.9 Å². The van der Waals surface area contributed by atoms with Crippen LogP contribution in [-0.4, -0.2) is 28.6 Å². The lowest BCUT2D eigenvalue weighted by Gasteiger charge is -2.12.